The maximum atomic E-state index is 15.3. The average Bonchev–Trinajstić information content (AvgIpc) is 3.30. The van der Waals surface area contributed by atoms with Crippen LogP contribution in [0.15, 0.2) is 67.0 Å². The van der Waals surface area contributed by atoms with Gasteiger partial charge in [-0.25, -0.2) is 22.5 Å². The number of benzene rings is 3. The second kappa shape index (κ2) is 9.40. The molecule has 180 valence electrons. The molecule has 0 saturated carbocycles. The van der Waals surface area contributed by atoms with E-state index in [0.717, 1.165) is 17.7 Å². The monoisotopic (exact) mass is 483 g/mol. The van der Waals surface area contributed by atoms with Crippen molar-refractivity contribution in [1.29, 1.82) is 0 Å². The molecule has 1 saturated heterocycles. The van der Waals surface area contributed by atoms with Gasteiger partial charge in [0.25, 0.3) is 0 Å². The van der Waals surface area contributed by atoms with Crippen LogP contribution in [0.4, 0.5) is 23.2 Å². The number of anilines is 1. The summed E-state index contributed by atoms with van der Waals surface area (Å²) in [6.45, 7) is -0.370. The fourth-order valence-electron chi connectivity index (χ4n) is 4.50. The van der Waals surface area contributed by atoms with Crippen LogP contribution in [0.5, 0.6) is 5.75 Å². The Balaban J connectivity index is 1.51. The number of carbonyl (C=O) groups excluding carboxylic acids is 1. The molecule has 0 bridgehead atoms. The number of amides is 1. The number of aromatic nitrogens is 2. The van der Waals surface area contributed by atoms with E-state index in [1.54, 1.807) is 18.2 Å². The number of β-lactam (4-membered cyclic amide) rings is 1. The second-order valence-corrected chi connectivity index (χ2v) is 8.38. The zero-order chi connectivity index (χ0) is 24.5. The normalized spacial score (nSPS) is 17.7. The number of hydrogen-bond acceptors (Lipinski definition) is 3. The largest absolute Gasteiger partial charge is 0.493 e. The number of aromatic amines is 1. The third-order valence-electron chi connectivity index (χ3n) is 6.15. The van der Waals surface area contributed by atoms with E-state index in [0.29, 0.717) is 23.1 Å². The molecule has 1 N–H and O–H groups in total. The van der Waals surface area contributed by atoms with Crippen LogP contribution >= 0.6 is 0 Å². The van der Waals surface area contributed by atoms with Gasteiger partial charge < -0.3 is 14.6 Å². The highest BCUT2D eigenvalue weighted by atomic mass is 19.3. The minimum Gasteiger partial charge on any atom is -0.493 e. The number of rotatable bonds is 8. The highest BCUT2D eigenvalue weighted by molar-refractivity contribution is 6.04. The molecule has 9 heteroatoms. The number of carbonyl (C=O) groups is 1. The zero-order valence-corrected chi connectivity index (χ0v) is 18.4. The Kier molecular flexibility index (Phi) is 6.15. The van der Waals surface area contributed by atoms with Crippen molar-refractivity contribution in [2.24, 2.45) is 5.92 Å². The molecule has 0 aliphatic carbocycles. The van der Waals surface area contributed by atoms with E-state index >= 15 is 8.78 Å². The number of H-pyrrole nitrogens is 1. The van der Waals surface area contributed by atoms with Gasteiger partial charge in [0.15, 0.2) is 0 Å². The molecule has 1 aliphatic heterocycles. The number of halogens is 4. The Morgan fingerprint density at radius 2 is 1.77 bits per heavy atom. The highest BCUT2D eigenvalue weighted by Crippen LogP contribution is 2.47. The van der Waals surface area contributed by atoms with Crippen LogP contribution in [0.25, 0.3) is 11.0 Å². The number of imidazole rings is 1. The standard InChI is InChI=1S/C26H21F4N3O2/c27-19-12-17(35-9-8-23(29)30)13-20(28)24(19)25-18(10-15-4-2-1-3-5-15)26(34)33(25)16-6-7-21-22(11-16)32-14-31-21/h1-7,11-14,18,23,25H,8-10H2,(H,31,32)/t18-,25-/m1/s1. The fourth-order valence-corrected chi connectivity index (χ4v) is 4.50. The molecule has 4 aromatic rings. The molecule has 0 spiro atoms. The summed E-state index contributed by atoms with van der Waals surface area (Å²) in [4.78, 5) is 21.8. The fraction of sp³-hybridized carbons (Fsp3) is 0.231. The van der Waals surface area contributed by atoms with Crippen LogP contribution in [0.1, 0.15) is 23.6 Å². The van der Waals surface area contributed by atoms with Crippen LogP contribution in [0.3, 0.4) is 0 Å². The van der Waals surface area contributed by atoms with Crippen molar-refractivity contribution < 1.29 is 27.1 Å². The zero-order valence-electron chi connectivity index (χ0n) is 18.4. The van der Waals surface area contributed by atoms with Gasteiger partial charge in [-0.2, -0.15) is 0 Å². The summed E-state index contributed by atoms with van der Waals surface area (Å²) >= 11 is 0. The van der Waals surface area contributed by atoms with E-state index in [2.05, 4.69) is 9.97 Å². The molecule has 5 nitrogen and oxygen atoms in total. The second-order valence-electron chi connectivity index (χ2n) is 8.38. The summed E-state index contributed by atoms with van der Waals surface area (Å²) in [5.74, 6) is -2.93. The van der Waals surface area contributed by atoms with Crippen LogP contribution in [-0.2, 0) is 11.2 Å². The van der Waals surface area contributed by atoms with E-state index in [1.807, 2.05) is 30.3 Å². The summed E-state index contributed by atoms with van der Waals surface area (Å²) in [6.07, 6.45) is -1.30. The van der Waals surface area contributed by atoms with Gasteiger partial charge in [-0.15, -0.1) is 0 Å². The smallest absolute Gasteiger partial charge is 0.241 e. The van der Waals surface area contributed by atoms with Crippen LogP contribution in [0.2, 0.25) is 0 Å². The Morgan fingerprint density at radius 3 is 2.49 bits per heavy atom. The summed E-state index contributed by atoms with van der Waals surface area (Å²) in [6, 6.07) is 15.4. The van der Waals surface area contributed by atoms with Crippen LogP contribution < -0.4 is 9.64 Å². The minimum atomic E-state index is -2.58. The van der Waals surface area contributed by atoms with E-state index in [4.69, 9.17) is 4.74 Å². The summed E-state index contributed by atoms with van der Waals surface area (Å²) < 4.78 is 60.4. The Labute approximate surface area is 198 Å². The molecular formula is C26H21F4N3O2. The first-order valence-corrected chi connectivity index (χ1v) is 11.1. The summed E-state index contributed by atoms with van der Waals surface area (Å²) in [5, 5.41) is 0. The van der Waals surface area contributed by atoms with Crippen molar-refractivity contribution in [2.45, 2.75) is 25.3 Å². The topological polar surface area (TPSA) is 58.2 Å². The number of fused-ring (bicyclic) bond motifs is 1. The Bertz CT molecular complexity index is 1340. The molecule has 5 rings (SSSR count). The maximum Gasteiger partial charge on any atom is 0.241 e. The molecule has 2 heterocycles. The number of ether oxygens (including phenoxy) is 1. The Morgan fingerprint density at radius 1 is 1.03 bits per heavy atom. The predicted octanol–water partition coefficient (Wildman–Crippen LogP) is 5.82. The first-order valence-electron chi connectivity index (χ1n) is 11.1. The van der Waals surface area contributed by atoms with Crippen LogP contribution in [0, 0.1) is 17.6 Å². The lowest BCUT2D eigenvalue weighted by molar-refractivity contribution is -0.130. The maximum absolute atomic E-state index is 15.3. The van der Waals surface area contributed by atoms with Gasteiger partial charge >= 0.3 is 0 Å². The van der Waals surface area contributed by atoms with Gasteiger partial charge in [-0.1, -0.05) is 30.3 Å². The van der Waals surface area contributed by atoms with E-state index in [9.17, 15) is 13.6 Å². The van der Waals surface area contributed by atoms with Gasteiger partial charge in [0.1, 0.15) is 17.4 Å². The van der Waals surface area contributed by atoms with E-state index in [1.165, 1.54) is 11.2 Å². The first kappa shape index (κ1) is 22.9. The minimum absolute atomic E-state index is 0.180. The van der Waals surface area contributed by atoms with Gasteiger partial charge in [-0.05, 0) is 30.2 Å². The molecular weight excluding hydrogens is 462 g/mol. The average molecular weight is 483 g/mol. The molecule has 35 heavy (non-hydrogen) atoms. The predicted molar refractivity (Wildman–Crippen MR) is 122 cm³/mol. The lowest BCUT2D eigenvalue weighted by Crippen LogP contribution is -2.56. The molecule has 0 unspecified atom stereocenters. The Hall–Kier alpha value is -3.88. The van der Waals surface area contributed by atoms with Gasteiger partial charge in [0.2, 0.25) is 12.3 Å². The van der Waals surface area contributed by atoms with Gasteiger partial charge in [0.05, 0.1) is 35.9 Å². The lowest BCUT2D eigenvalue weighted by atomic mass is 9.77. The number of alkyl halides is 2. The van der Waals surface area contributed by atoms with Crippen molar-refractivity contribution in [3.63, 3.8) is 0 Å². The van der Waals surface area contributed by atoms with Crippen molar-refractivity contribution in [2.75, 3.05) is 11.5 Å². The van der Waals surface area contributed by atoms with Crippen molar-refractivity contribution in [3.05, 3.63) is 89.8 Å². The van der Waals surface area contributed by atoms with Crippen molar-refractivity contribution in [3.8, 4) is 5.75 Å². The third-order valence-corrected chi connectivity index (χ3v) is 6.15. The number of nitrogens with one attached hydrogen (secondary N) is 1. The first-order chi connectivity index (χ1) is 16.9. The SMILES string of the molecule is O=C1[C@H](Cc2ccccc2)[C@H](c2c(F)cc(OCCC(F)F)cc2F)N1c1ccc2nc[nH]c2c1. The molecule has 1 amide bonds. The third kappa shape index (κ3) is 4.45. The van der Waals surface area contributed by atoms with E-state index in [-0.39, 0.29) is 23.8 Å². The van der Waals surface area contributed by atoms with Crippen molar-refractivity contribution >= 4 is 22.6 Å². The number of nitrogens with zero attached hydrogens (tertiary/aromatic N) is 2. The summed E-state index contributed by atoms with van der Waals surface area (Å²) in [7, 11) is 0. The molecule has 1 aliphatic rings. The molecule has 1 fully saturated rings. The quantitative estimate of drug-likeness (QED) is 0.254. The lowest BCUT2D eigenvalue weighted by Gasteiger charge is -2.47. The van der Waals surface area contributed by atoms with Crippen LogP contribution in [-0.4, -0.2) is 28.9 Å². The van der Waals surface area contributed by atoms with Crippen molar-refractivity contribution in [1.82, 2.24) is 9.97 Å². The molecule has 0 radical (unpaired) electrons. The molecule has 3 aromatic carbocycles. The van der Waals surface area contributed by atoms with E-state index < -0.39 is 36.4 Å². The molecule has 1 aromatic heterocycles. The number of hydrogen-bond donors (Lipinski definition) is 1. The van der Waals surface area contributed by atoms with Gasteiger partial charge in [-0.3, -0.25) is 4.79 Å². The molecule has 2 atom stereocenters. The van der Waals surface area contributed by atoms with Gasteiger partial charge in [0, 0.05) is 29.8 Å². The summed E-state index contributed by atoms with van der Waals surface area (Å²) in [5.41, 5.74) is 2.46. The highest BCUT2D eigenvalue weighted by Gasteiger charge is 2.50.